The van der Waals surface area contributed by atoms with Gasteiger partial charge in [0.2, 0.25) is 0 Å². The first-order valence-electron chi connectivity index (χ1n) is 5.40. The van der Waals surface area contributed by atoms with Crippen molar-refractivity contribution in [1.29, 1.82) is 0 Å². The Morgan fingerprint density at radius 2 is 1.89 bits per heavy atom. The third kappa shape index (κ3) is 4.69. The van der Waals surface area contributed by atoms with Gasteiger partial charge in [-0.15, -0.1) is 0 Å². The van der Waals surface area contributed by atoms with Gasteiger partial charge in [0, 0.05) is 12.0 Å². The van der Waals surface area contributed by atoms with Crippen LogP contribution < -0.4 is 5.48 Å². The van der Waals surface area contributed by atoms with Crippen molar-refractivity contribution in [2.45, 2.75) is 12.8 Å². The van der Waals surface area contributed by atoms with Crippen molar-refractivity contribution in [3.63, 3.8) is 0 Å². The SMILES string of the molecule is C=C(ONC(=O)CCC(=O)OC)c1ccccc1. The van der Waals surface area contributed by atoms with E-state index in [1.807, 2.05) is 30.3 Å². The van der Waals surface area contributed by atoms with Gasteiger partial charge in [0.25, 0.3) is 5.91 Å². The van der Waals surface area contributed by atoms with Crippen LogP contribution in [0, 0.1) is 0 Å². The van der Waals surface area contributed by atoms with Crippen molar-refractivity contribution >= 4 is 17.6 Å². The molecule has 0 aromatic heterocycles. The van der Waals surface area contributed by atoms with Crippen molar-refractivity contribution in [2.75, 3.05) is 7.11 Å². The first kappa shape index (κ1) is 13.8. The minimum atomic E-state index is -0.438. The highest BCUT2D eigenvalue weighted by molar-refractivity contribution is 5.80. The summed E-state index contributed by atoms with van der Waals surface area (Å²) in [6.45, 7) is 3.68. The summed E-state index contributed by atoms with van der Waals surface area (Å²) >= 11 is 0. The first-order chi connectivity index (χ1) is 8.63. The molecule has 0 saturated carbocycles. The highest BCUT2D eigenvalue weighted by Crippen LogP contribution is 2.11. The summed E-state index contributed by atoms with van der Waals surface area (Å²) in [5.74, 6) is -0.508. The smallest absolute Gasteiger partial charge is 0.306 e. The molecule has 1 aromatic rings. The average Bonchev–Trinajstić information content (AvgIpc) is 2.42. The van der Waals surface area contributed by atoms with Gasteiger partial charge in [-0.1, -0.05) is 36.9 Å². The van der Waals surface area contributed by atoms with E-state index in [9.17, 15) is 9.59 Å². The van der Waals surface area contributed by atoms with Crippen LogP contribution in [0.2, 0.25) is 0 Å². The first-order valence-corrected chi connectivity index (χ1v) is 5.40. The van der Waals surface area contributed by atoms with E-state index in [4.69, 9.17) is 4.84 Å². The van der Waals surface area contributed by atoms with Crippen LogP contribution in [-0.2, 0) is 19.2 Å². The number of carbonyl (C=O) groups excluding carboxylic acids is 2. The Kier molecular flexibility index (Phi) is 5.44. The summed E-state index contributed by atoms with van der Waals surface area (Å²) in [7, 11) is 1.27. The quantitative estimate of drug-likeness (QED) is 0.473. The number of benzene rings is 1. The zero-order valence-corrected chi connectivity index (χ0v) is 10.1. The molecule has 0 radical (unpaired) electrons. The number of methoxy groups -OCH3 is 1. The van der Waals surface area contributed by atoms with Gasteiger partial charge in [0.15, 0.2) is 5.76 Å². The van der Waals surface area contributed by atoms with E-state index in [0.29, 0.717) is 5.76 Å². The van der Waals surface area contributed by atoms with Crippen LogP contribution in [0.1, 0.15) is 18.4 Å². The number of esters is 1. The van der Waals surface area contributed by atoms with Gasteiger partial charge in [-0.05, 0) is 0 Å². The Morgan fingerprint density at radius 1 is 1.22 bits per heavy atom. The molecule has 0 spiro atoms. The van der Waals surface area contributed by atoms with Gasteiger partial charge in [-0.2, -0.15) is 5.48 Å². The highest BCUT2D eigenvalue weighted by Gasteiger charge is 2.07. The van der Waals surface area contributed by atoms with E-state index >= 15 is 0 Å². The minimum Gasteiger partial charge on any atom is -0.469 e. The molecule has 0 aliphatic heterocycles. The summed E-state index contributed by atoms with van der Waals surface area (Å²) in [4.78, 5) is 27.1. The Hall–Kier alpha value is -2.30. The van der Waals surface area contributed by atoms with Crippen molar-refractivity contribution < 1.29 is 19.2 Å². The lowest BCUT2D eigenvalue weighted by atomic mass is 10.2. The Labute approximate surface area is 105 Å². The molecule has 0 unspecified atom stereocenters. The highest BCUT2D eigenvalue weighted by atomic mass is 16.7. The Morgan fingerprint density at radius 3 is 2.50 bits per heavy atom. The summed E-state index contributed by atoms with van der Waals surface area (Å²) in [6, 6.07) is 9.16. The van der Waals surface area contributed by atoms with Crippen molar-refractivity contribution in [1.82, 2.24) is 5.48 Å². The van der Waals surface area contributed by atoms with Gasteiger partial charge in [0.05, 0.1) is 13.5 Å². The normalized spacial score (nSPS) is 9.39. The van der Waals surface area contributed by atoms with Gasteiger partial charge in [0.1, 0.15) is 0 Å². The molecule has 0 heterocycles. The fourth-order valence-electron chi connectivity index (χ4n) is 1.17. The molecular weight excluding hydrogens is 234 g/mol. The topological polar surface area (TPSA) is 64.6 Å². The molecule has 1 rings (SSSR count). The van der Waals surface area contributed by atoms with Crippen molar-refractivity contribution in [3.8, 4) is 0 Å². The number of nitrogens with one attached hydrogen (secondary N) is 1. The number of hydrogen-bond acceptors (Lipinski definition) is 4. The number of amides is 1. The van der Waals surface area contributed by atoms with Gasteiger partial charge in [-0.3, -0.25) is 9.59 Å². The zero-order chi connectivity index (χ0) is 13.4. The molecule has 1 N–H and O–H groups in total. The number of carbonyl (C=O) groups is 2. The van der Waals surface area contributed by atoms with Crippen molar-refractivity contribution in [2.24, 2.45) is 0 Å². The second-order valence-corrected chi connectivity index (χ2v) is 3.49. The molecule has 96 valence electrons. The monoisotopic (exact) mass is 249 g/mol. The van der Waals surface area contributed by atoms with Gasteiger partial charge in [-0.25, -0.2) is 0 Å². The van der Waals surface area contributed by atoms with Crippen LogP contribution in [0.5, 0.6) is 0 Å². The number of hydroxylamine groups is 1. The molecule has 0 fully saturated rings. The maximum absolute atomic E-state index is 11.3. The summed E-state index contributed by atoms with van der Waals surface area (Å²) in [5.41, 5.74) is 2.98. The molecular formula is C13H15NO4. The van der Waals surface area contributed by atoms with Crippen LogP contribution in [0.15, 0.2) is 36.9 Å². The molecule has 1 aromatic carbocycles. The molecule has 0 aliphatic carbocycles. The second-order valence-electron chi connectivity index (χ2n) is 3.49. The average molecular weight is 249 g/mol. The lowest BCUT2D eigenvalue weighted by Crippen LogP contribution is -2.23. The number of hydrogen-bond donors (Lipinski definition) is 1. The van der Waals surface area contributed by atoms with Gasteiger partial charge < -0.3 is 9.57 Å². The molecule has 5 nitrogen and oxygen atoms in total. The maximum atomic E-state index is 11.3. The largest absolute Gasteiger partial charge is 0.469 e. The predicted molar refractivity (Wildman–Crippen MR) is 66.0 cm³/mol. The summed E-state index contributed by atoms with van der Waals surface area (Å²) in [6.07, 6.45) is 0.0260. The van der Waals surface area contributed by atoms with Crippen molar-refractivity contribution in [3.05, 3.63) is 42.5 Å². The molecule has 0 bridgehead atoms. The molecule has 0 aliphatic rings. The number of rotatable bonds is 6. The molecule has 5 heteroatoms. The lowest BCUT2D eigenvalue weighted by Gasteiger charge is -2.09. The maximum Gasteiger partial charge on any atom is 0.306 e. The van der Waals surface area contributed by atoms with Crippen LogP contribution in [0.3, 0.4) is 0 Å². The Balaban J connectivity index is 2.31. The van der Waals surface area contributed by atoms with E-state index in [2.05, 4.69) is 16.8 Å². The minimum absolute atomic E-state index is 0.00867. The van der Waals surface area contributed by atoms with Gasteiger partial charge >= 0.3 is 5.97 Å². The lowest BCUT2D eigenvalue weighted by molar-refractivity contribution is -0.143. The zero-order valence-electron chi connectivity index (χ0n) is 10.1. The molecule has 0 saturated heterocycles. The summed E-state index contributed by atoms with van der Waals surface area (Å²) < 4.78 is 4.42. The van der Waals surface area contributed by atoms with E-state index in [1.54, 1.807) is 0 Å². The molecule has 0 atom stereocenters. The standard InChI is InChI=1S/C13H15NO4/c1-10(11-6-4-3-5-7-11)18-14-12(15)8-9-13(16)17-2/h3-7H,1,8-9H2,2H3,(H,14,15). The second kappa shape index (κ2) is 7.11. The van der Waals surface area contributed by atoms with Crippen LogP contribution in [0.25, 0.3) is 5.76 Å². The third-order valence-electron chi connectivity index (χ3n) is 2.17. The Bertz CT molecular complexity index is 428. The van der Waals surface area contributed by atoms with Crippen LogP contribution in [-0.4, -0.2) is 19.0 Å². The fourth-order valence-corrected chi connectivity index (χ4v) is 1.17. The molecule has 18 heavy (non-hydrogen) atoms. The third-order valence-corrected chi connectivity index (χ3v) is 2.17. The predicted octanol–water partition coefficient (Wildman–Crippen LogP) is 1.66. The fraction of sp³-hybridized carbons (Fsp3) is 0.231. The number of ether oxygens (including phenoxy) is 1. The summed E-state index contributed by atoms with van der Waals surface area (Å²) in [5, 5.41) is 0. The molecule has 1 amide bonds. The van der Waals surface area contributed by atoms with E-state index in [0.717, 1.165) is 5.56 Å². The van der Waals surface area contributed by atoms with Crippen LogP contribution in [0.4, 0.5) is 0 Å². The van der Waals surface area contributed by atoms with E-state index < -0.39 is 11.9 Å². The van der Waals surface area contributed by atoms with E-state index in [-0.39, 0.29) is 12.8 Å². The van der Waals surface area contributed by atoms with Crippen LogP contribution >= 0.6 is 0 Å². The van der Waals surface area contributed by atoms with E-state index in [1.165, 1.54) is 7.11 Å².